The van der Waals surface area contributed by atoms with Gasteiger partial charge in [-0.1, -0.05) is 13.8 Å². The third-order valence-electron chi connectivity index (χ3n) is 2.10. The van der Waals surface area contributed by atoms with Gasteiger partial charge in [-0.3, -0.25) is 4.79 Å². The zero-order valence-corrected chi connectivity index (χ0v) is 8.75. The molecule has 0 bridgehead atoms. The smallest absolute Gasteiger partial charge is 0.303 e. The lowest BCUT2D eigenvalue weighted by Crippen LogP contribution is -2.25. The number of carbonyl (C=O) groups is 1. The van der Waals surface area contributed by atoms with E-state index in [-0.39, 0.29) is 0 Å². The van der Waals surface area contributed by atoms with Crippen LogP contribution in [0.15, 0.2) is 0 Å². The van der Waals surface area contributed by atoms with E-state index in [1.807, 2.05) is 0 Å². The fourth-order valence-corrected chi connectivity index (χ4v) is 1.36. The second kappa shape index (κ2) is 8.05. The van der Waals surface area contributed by atoms with Crippen molar-refractivity contribution in [3.05, 3.63) is 0 Å². The molecule has 0 radical (unpaired) electrons. The Bertz CT molecular complexity index is 137. The van der Waals surface area contributed by atoms with E-state index in [4.69, 9.17) is 5.11 Å². The summed E-state index contributed by atoms with van der Waals surface area (Å²) in [5, 5.41) is 8.43. The normalized spacial score (nSPS) is 10.7. The van der Waals surface area contributed by atoms with Gasteiger partial charge in [-0.2, -0.15) is 0 Å². The fourth-order valence-electron chi connectivity index (χ4n) is 1.36. The predicted molar refractivity (Wildman–Crippen MR) is 53.9 cm³/mol. The lowest BCUT2D eigenvalue weighted by atomic mass is 10.2. The van der Waals surface area contributed by atoms with Gasteiger partial charge in [0.1, 0.15) is 0 Å². The minimum atomic E-state index is -0.682. The zero-order valence-electron chi connectivity index (χ0n) is 8.75. The molecule has 0 aromatic carbocycles. The van der Waals surface area contributed by atoms with Crippen molar-refractivity contribution in [1.29, 1.82) is 0 Å². The van der Waals surface area contributed by atoms with E-state index < -0.39 is 5.97 Å². The molecule has 0 amide bonds. The van der Waals surface area contributed by atoms with Crippen LogP contribution in [0, 0.1) is 0 Å². The van der Waals surface area contributed by atoms with E-state index in [2.05, 4.69) is 18.7 Å². The van der Waals surface area contributed by atoms with Gasteiger partial charge in [0.15, 0.2) is 0 Å². The van der Waals surface area contributed by atoms with E-state index in [1.165, 1.54) is 6.42 Å². The summed E-state index contributed by atoms with van der Waals surface area (Å²) in [5.41, 5.74) is 0. The topological polar surface area (TPSA) is 40.5 Å². The Morgan fingerprint density at radius 2 is 1.92 bits per heavy atom. The lowest BCUT2D eigenvalue weighted by Gasteiger charge is -2.18. The van der Waals surface area contributed by atoms with Crippen LogP contribution in [-0.4, -0.2) is 35.6 Å². The van der Waals surface area contributed by atoms with Crippen LogP contribution in [-0.2, 0) is 4.79 Å². The molecule has 0 saturated carbocycles. The van der Waals surface area contributed by atoms with Crippen LogP contribution in [0.2, 0.25) is 0 Å². The van der Waals surface area contributed by atoms with Gasteiger partial charge in [-0.25, -0.2) is 0 Å². The van der Waals surface area contributed by atoms with E-state index in [0.29, 0.717) is 6.42 Å². The highest BCUT2D eigenvalue weighted by Crippen LogP contribution is 1.99. The molecule has 0 unspecified atom stereocenters. The molecule has 0 spiro atoms. The number of unbranched alkanes of at least 4 members (excludes halogenated alkanes) is 1. The molecular formula is C10H21NO2. The van der Waals surface area contributed by atoms with Crippen LogP contribution >= 0.6 is 0 Å². The number of rotatable bonds is 8. The van der Waals surface area contributed by atoms with Crippen LogP contribution in [0.4, 0.5) is 0 Å². The first-order valence-corrected chi connectivity index (χ1v) is 5.14. The van der Waals surface area contributed by atoms with Gasteiger partial charge in [-0.05, 0) is 38.9 Å². The third kappa shape index (κ3) is 7.78. The molecule has 78 valence electrons. The molecule has 0 saturated heterocycles. The number of aliphatic carboxylic acids is 1. The summed E-state index contributed by atoms with van der Waals surface area (Å²) in [6.07, 6.45) is 3.28. The van der Waals surface area contributed by atoms with Crippen molar-refractivity contribution < 1.29 is 9.90 Å². The minimum Gasteiger partial charge on any atom is -0.481 e. The maximum atomic E-state index is 10.2. The van der Waals surface area contributed by atoms with Crippen LogP contribution in [0.1, 0.15) is 39.5 Å². The Kier molecular flexibility index (Phi) is 7.69. The SMILES string of the molecule is CCCN(CC)CCCCC(=O)O. The van der Waals surface area contributed by atoms with Crippen molar-refractivity contribution in [2.45, 2.75) is 39.5 Å². The van der Waals surface area contributed by atoms with E-state index >= 15 is 0 Å². The summed E-state index contributed by atoms with van der Waals surface area (Å²) < 4.78 is 0. The molecular weight excluding hydrogens is 166 g/mol. The summed E-state index contributed by atoms with van der Waals surface area (Å²) in [6, 6.07) is 0. The van der Waals surface area contributed by atoms with Crippen molar-refractivity contribution in [3.8, 4) is 0 Å². The van der Waals surface area contributed by atoms with Crippen molar-refractivity contribution in [2.75, 3.05) is 19.6 Å². The second-order valence-corrected chi connectivity index (χ2v) is 3.29. The molecule has 13 heavy (non-hydrogen) atoms. The Morgan fingerprint density at radius 1 is 1.23 bits per heavy atom. The van der Waals surface area contributed by atoms with Crippen molar-refractivity contribution in [3.63, 3.8) is 0 Å². The Labute approximate surface area is 80.7 Å². The molecule has 1 N–H and O–H groups in total. The Morgan fingerprint density at radius 3 is 2.38 bits per heavy atom. The molecule has 0 fully saturated rings. The van der Waals surface area contributed by atoms with Crippen LogP contribution in [0.25, 0.3) is 0 Å². The van der Waals surface area contributed by atoms with Gasteiger partial charge in [-0.15, -0.1) is 0 Å². The Balaban J connectivity index is 3.32. The monoisotopic (exact) mass is 187 g/mol. The fraction of sp³-hybridized carbons (Fsp3) is 0.900. The average Bonchev–Trinajstić information content (AvgIpc) is 2.10. The Hall–Kier alpha value is -0.570. The maximum absolute atomic E-state index is 10.2. The molecule has 0 aliphatic carbocycles. The number of carboxylic acids is 1. The number of nitrogens with zero attached hydrogens (tertiary/aromatic N) is 1. The number of hydrogen-bond acceptors (Lipinski definition) is 2. The van der Waals surface area contributed by atoms with Crippen LogP contribution in [0.5, 0.6) is 0 Å². The maximum Gasteiger partial charge on any atom is 0.303 e. The molecule has 0 aliphatic heterocycles. The first-order chi connectivity index (χ1) is 6.20. The first kappa shape index (κ1) is 12.4. The highest BCUT2D eigenvalue weighted by Gasteiger charge is 2.01. The van der Waals surface area contributed by atoms with Gasteiger partial charge in [0.25, 0.3) is 0 Å². The number of hydrogen-bond donors (Lipinski definition) is 1. The summed E-state index contributed by atoms with van der Waals surface area (Å²) in [6.45, 7) is 7.55. The van der Waals surface area contributed by atoms with E-state index in [9.17, 15) is 4.79 Å². The lowest BCUT2D eigenvalue weighted by molar-refractivity contribution is -0.137. The highest BCUT2D eigenvalue weighted by molar-refractivity contribution is 5.66. The molecule has 0 atom stereocenters. The summed E-state index contributed by atoms with van der Waals surface area (Å²) in [7, 11) is 0. The largest absolute Gasteiger partial charge is 0.481 e. The highest BCUT2D eigenvalue weighted by atomic mass is 16.4. The van der Waals surface area contributed by atoms with Crippen molar-refractivity contribution >= 4 is 5.97 Å². The molecule has 0 heterocycles. The zero-order chi connectivity index (χ0) is 10.1. The summed E-state index contributed by atoms with van der Waals surface area (Å²) in [4.78, 5) is 12.6. The molecule has 0 aromatic heterocycles. The van der Waals surface area contributed by atoms with Crippen molar-refractivity contribution in [1.82, 2.24) is 4.90 Å². The molecule has 0 aromatic rings. The van der Waals surface area contributed by atoms with Gasteiger partial charge < -0.3 is 10.0 Å². The van der Waals surface area contributed by atoms with Crippen LogP contribution < -0.4 is 0 Å². The minimum absolute atomic E-state index is 0.309. The third-order valence-corrected chi connectivity index (χ3v) is 2.10. The quantitative estimate of drug-likeness (QED) is 0.591. The summed E-state index contributed by atoms with van der Waals surface area (Å²) in [5.74, 6) is -0.682. The average molecular weight is 187 g/mol. The van der Waals surface area contributed by atoms with Crippen molar-refractivity contribution in [2.24, 2.45) is 0 Å². The molecule has 3 nitrogen and oxygen atoms in total. The van der Waals surface area contributed by atoms with E-state index in [0.717, 1.165) is 32.5 Å². The summed E-state index contributed by atoms with van der Waals surface area (Å²) >= 11 is 0. The second-order valence-electron chi connectivity index (χ2n) is 3.29. The van der Waals surface area contributed by atoms with Gasteiger partial charge >= 0.3 is 5.97 Å². The van der Waals surface area contributed by atoms with Gasteiger partial charge in [0.2, 0.25) is 0 Å². The van der Waals surface area contributed by atoms with E-state index in [1.54, 1.807) is 0 Å². The molecule has 0 aliphatic rings. The first-order valence-electron chi connectivity index (χ1n) is 5.14. The van der Waals surface area contributed by atoms with Gasteiger partial charge in [0.05, 0.1) is 0 Å². The van der Waals surface area contributed by atoms with Crippen LogP contribution in [0.3, 0.4) is 0 Å². The van der Waals surface area contributed by atoms with Gasteiger partial charge in [0, 0.05) is 6.42 Å². The molecule has 3 heteroatoms. The predicted octanol–water partition coefficient (Wildman–Crippen LogP) is 1.97. The molecule has 0 rings (SSSR count). The standard InChI is InChI=1S/C10H21NO2/c1-3-8-11(4-2)9-6-5-7-10(12)13/h3-9H2,1-2H3,(H,12,13). The number of carboxylic acid groups (broad SMARTS) is 1.